The molecule has 13 heavy (non-hydrogen) atoms. The summed E-state index contributed by atoms with van der Waals surface area (Å²) in [6, 6.07) is 0. The van der Waals surface area contributed by atoms with E-state index < -0.39 is 0 Å². The first-order chi connectivity index (χ1) is 6.24. The molecule has 0 bridgehead atoms. The van der Waals surface area contributed by atoms with Gasteiger partial charge in [0.25, 0.3) is 5.91 Å². The number of hydrogen-bond acceptors (Lipinski definition) is 3. The molecule has 1 aliphatic rings. The second-order valence-electron chi connectivity index (χ2n) is 3.39. The molecule has 1 amide bonds. The highest BCUT2D eigenvalue weighted by atomic mass is 16.7. The van der Waals surface area contributed by atoms with E-state index in [4.69, 9.17) is 9.57 Å². The second-order valence-corrected chi connectivity index (χ2v) is 3.39. The zero-order chi connectivity index (χ0) is 9.68. The maximum absolute atomic E-state index is 11.3. The summed E-state index contributed by atoms with van der Waals surface area (Å²) in [4.78, 5) is 16.1. The first-order valence-corrected chi connectivity index (χ1v) is 4.77. The van der Waals surface area contributed by atoms with Crippen molar-refractivity contribution in [1.29, 1.82) is 0 Å². The van der Waals surface area contributed by atoms with Gasteiger partial charge < -0.3 is 4.74 Å². The number of amides is 1. The summed E-state index contributed by atoms with van der Waals surface area (Å²) in [6.45, 7) is 5.10. The van der Waals surface area contributed by atoms with Crippen molar-refractivity contribution >= 4 is 5.91 Å². The Morgan fingerprint density at radius 2 is 2.46 bits per heavy atom. The molecule has 0 aromatic rings. The lowest BCUT2D eigenvalue weighted by atomic mass is 9.97. The maximum atomic E-state index is 11.3. The summed E-state index contributed by atoms with van der Waals surface area (Å²) in [7, 11) is 0. The molecule has 76 valence electrons. The van der Waals surface area contributed by atoms with E-state index in [2.05, 4.69) is 12.4 Å². The second kappa shape index (κ2) is 5.19. The zero-order valence-corrected chi connectivity index (χ0v) is 8.21. The summed E-state index contributed by atoms with van der Waals surface area (Å²) in [5.41, 5.74) is 2.36. The minimum atomic E-state index is -0.324. The lowest BCUT2D eigenvalue weighted by molar-refractivity contribution is -0.149. The topological polar surface area (TPSA) is 47.6 Å². The predicted octanol–water partition coefficient (Wildman–Crippen LogP) is 0.869. The van der Waals surface area contributed by atoms with Gasteiger partial charge in [-0.25, -0.2) is 5.48 Å². The van der Waals surface area contributed by atoms with E-state index in [9.17, 15) is 4.79 Å². The van der Waals surface area contributed by atoms with Gasteiger partial charge in [0.1, 0.15) is 6.10 Å². The van der Waals surface area contributed by atoms with Crippen LogP contribution in [0.25, 0.3) is 0 Å². The number of nitrogens with one attached hydrogen (secondary N) is 1. The van der Waals surface area contributed by atoms with Crippen molar-refractivity contribution in [1.82, 2.24) is 5.48 Å². The number of ether oxygens (including phenoxy) is 1. The Balaban J connectivity index is 2.28. The van der Waals surface area contributed by atoms with Crippen LogP contribution in [0, 0.1) is 5.92 Å². The fraction of sp³-hybridized carbons (Fsp3) is 0.889. The van der Waals surface area contributed by atoms with Crippen LogP contribution in [0.4, 0.5) is 0 Å². The van der Waals surface area contributed by atoms with Gasteiger partial charge >= 0.3 is 0 Å². The fourth-order valence-electron chi connectivity index (χ4n) is 1.35. The van der Waals surface area contributed by atoms with Crippen LogP contribution in [-0.4, -0.2) is 25.2 Å². The summed E-state index contributed by atoms with van der Waals surface area (Å²) in [5.74, 6) is 0.402. The SMILES string of the molecule is CCONC(=O)[C@@H]1C[C@@H](C)CCO1. The number of carbonyl (C=O) groups excluding carboxylic acids is 1. The van der Waals surface area contributed by atoms with Gasteiger partial charge in [0, 0.05) is 6.61 Å². The quantitative estimate of drug-likeness (QED) is 0.667. The van der Waals surface area contributed by atoms with Crippen LogP contribution >= 0.6 is 0 Å². The van der Waals surface area contributed by atoms with Crippen LogP contribution in [0.1, 0.15) is 26.7 Å². The minimum Gasteiger partial charge on any atom is -0.368 e. The van der Waals surface area contributed by atoms with Gasteiger partial charge in [0.05, 0.1) is 6.61 Å². The Hall–Kier alpha value is -0.610. The Labute approximate surface area is 78.5 Å². The number of hydroxylamine groups is 1. The van der Waals surface area contributed by atoms with Crippen molar-refractivity contribution in [3.8, 4) is 0 Å². The van der Waals surface area contributed by atoms with E-state index in [0.29, 0.717) is 19.1 Å². The highest BCUT2D eigenvalue weighted by Gasteiger charge is 2.25. The van der Waals surface area contributed by atoms with Crippen molar-refractivity contribution in [2.75, 3.05) is 13.2 Å². The predicted molar refractivity (Wildman–Crippen MR) is 47.9 cm³/mol. The van der Waals surface area contributed by atoms with Gasteiger partial charge in [-0.3, -0.25) is 9.63 Å². The normalized spacial score (nSPS) is 28.5. The maximum Gasteiger partial charge on any atom is 0.272 e. The molecule has 1 fully saturated rings. The van der Waals surface area contributed by atoms with E-state index in [-0.39, 0.29) is 12.0 Å². The van der Waals surface area contributed by atoms with Gasteiger partial charge in [0.15, 0.2) is 0 Å². The van der Waals surface area contributed by atoms with E-state index in [1.807, 2.05) is 6.92 Å². The molecule has 0 radical (unpaired) electrons. The lowest BCUT2D eigenvalue weighted by Crippen LogP contribution is -2.40. The summed E-state index contributed by atoms with van der Waals surface area (Å²) >= 11 is 0. The van der Waals surface area contributed by atoms with E-state index in [0.717, 1.165) is 12.8 Å². The molecule has 1 N–H and O–H groups in total. The van der Waals surface area contributed by atoms with Crippen LogP contribution in [0.15, 0.2) is 0 Å². The largest absolute Gasteiger partial charge is 0.368 e. The van der Waals surface area contributed by atoms with Crippen molar-refractivity contribution < 1.29 is 14.4 Å². The zero-order valence-electron chi connectivity index (χ0n) is 8.21. The molecule has 0 aromatic carbocycles. The third-order valence-corrected chi connectivity index (χ3v) is 2.16. The first kappa shape index (κ1) is 10.5. The lowest BCUT2D eigenvalue weighted by Gasteiger charge is -2.25. The van der Waals surface area contributed by atoms with Gasteiger partial charge in [-0.2, -0.15) is 0 Å². The minimum absolute atomic E-state index is 0.159. The highest BCUT2D eigenvalue weighted by molar-refractivity contribution is 5.79. The molecule has 0 aromatic heterocycles. The van der Waals surface area contributed by atoms with Gasteiger partial charge in [-0.1, -0.05) is 6.92 Å². The highest BCUT2D eigenvalue weighted by Crippen LogP contribution is 2.19. The molecule has 1 heterocycles. The van der Waals surface area contributed by atoms with Crippen molar-refractivity contribution in [2.45, 2.75) is 32.8 Å². The number of rotatable bonds is 3. The van der Waals surface area contributed by atoms with E-state index >= 15 is 0 Å². The molecule has 1 aliphatic heterocycles. The first-order valence-electron chi connectivity index (χ1n) is 4.77. The van der Waals surface area contributed by atoms with Crippen LogP contribution < -0.4 is 5.48 Å². The Morgan fingerprint density at radius 3 is 3.08 bits per heavy atom. The number of carbonyl (C=O) groups is 1. The molecular formula is C9H17NO3. The Kier molecular flexibility index (Phi) is 4.18. The monoisotopic (exact) mass is 187 g/mol. The molecule has 0 unspecified atom stereocenters. The van der Waals surface area contributed by atoms with E-state index in [1.54, 1.807) is 0 Å². The summed E-state index contributed by atoms with van der Waals surface area (Å²) in [5, 5.41) is 0. The van der Waals surface area contributed by atoms with E-state index in [1.165, 1.54) is 0 Å². The average molecular weight is 187 g/mol. The third-order valence-electron chi connectivity index (χ3n) is 2.16. The van der Waals surface area contributed by atoms with Gasteiger partial charge in [-0.15, -0.1) is 0 Å². The molecular weight excluding hydrogens is 170 g/mol. The van der Waals surface area contributed by atoms with Gasteiger partial charge in [0.2, 0.25) is 0 Å². The Morgan fingerprint density at radius 1 is 1.69 bits per heavy atom. The van der Waals surface area contributed by atoms with Crippen LogP contribution in [0.5, 0.6) is 0 Å². The molecule has 4 nitrogen and oxygen atoms in total. The molecule has 4 heteroatoms. The van der Waals surface area contributed by atoms with Crippen molar-refractivity contribution in [2.24, 2.45) is 5.92 Å². The standard InChI is InChI=1S/C9H17NO3/c1-3-13-10-9(11)8-6-7(2)4-5-12-8/h7-8H,3-6H2,1-2H3,(H,10,11)/t7-,8-/m0/s1. The molecule has 2 atom stereocenters. The molecule has 0 spiro atoms. The Bertz CT molecular complexity index is 172. The molecule has 1 saturated heterocycles. The fourth-order valence-corrected chi connectivity index (χ4v) is 1.35. The van der Waals surface area contributed by atoms with Crippen LogP contribution in [0.2, 0.25) is 0 Å². The van der Waals surface area contributed by atoms with Crippen molar-refractivity contribution in [3.63, 3.8) is 0 Å². The van der Waals surface area contributed by atoms with Gasteiger partial charge in [-0.05, 0) is 25.7 Å². The third kappa shape index (κ3) is 3.32. The van der Waals surface area contributed by atoms with Crippen LogP contribution in [0.3, 0.4) is 0 Å². The molecule has 1 rings (SSSR count). The van der Waals surface area contributed by atoms with Crippen LogP contribution in [-0.2, 0) is 14.4 Å². The summed E-state index contributed by atoms with van der Waals surface area (Å²) in [6.07, 6.45) is 1.51. The number of hydrogen-bond donors (Lipinski definition) is 1. The average Bonchev–Trinajstić information content (AvgIpc) is 2.14. The summed E-state index contributed by atoms with van der Waals surface area (Å²) < 4.78 is 5.32. The molecule has 0 saturated carbocycles. The van der Waals surface area contributed by atoms with Crippen molar-refractivity contribution in [3.05, 3.63) is 0 Å². The molecule has 0 aliphatic carbocycles. The smallest absolute Gasteiger partial charge is 0.272 e.